The van der Waals surface area contributed by atoms with Crippen molar-refractivity contribution in [1.82, 2.24) is 15.2 Å². The summed E-state index contributed by atoms with van der Waals surface area (Å²) in [6.45, 7) is 2.07. The van der Waals surface area contributed by atoms with E-state index in [-0.39, 0.29) is 11.8 Å². The molecule has 2 fully saturated rings. The first kappa shape index (κ1) is 12.6. The first-order valence-electron chi connectivity index (χ1n) is 6.30. The van der Waals surface area contributed by atoms with Crippen molar-refractivity contribution in [2.24, 2.45) is 11.8 Å². The minimum Gasteiger partial charge on any atom is -0.356 e. The van der Waals surface area contributed by atoms with Gasteiger partial charge in [-0.2, -0.15) is 0 Å². The molecule has 19 heavy (non-hydrogen) atoms. The molecular weight excluding hydrogens is 310 g/mol. The Hall–Kier alpha value is -1.43. The van der Waals surface area contributed by atoms with Crippen molar-refractivity contribution in [3.8, 4) is 0 Å². The zero-order chi connectivity index (χ0) is 13.4. The van der Waals surface area contributed by atoms with Crippen LogP contribution in [0, 0.1) is 11.8 Å². The summed E-state index contributed by atoms with van der Waals surface area (Å²) in [5.74, 6) is 0.787. The number of hydrogen-bond donors (Lipinski definition) is 1. The molecule has 2 atom stereocenters. The number of amides is 2. The van der Waals surface area contributed by atoms with Crippen LogP contribution in [0.25, 0.3) is 0 Å². The van der Waals surface area contributed by atoms with Gasteiger partial charge in [-0.3, -0.25) is 14.6 Å². The fourth-order valence-electron chi connectivity index (χ4n) is 2.83. The summed E-state index contributed by atoms with van der Waals surface area (Å²) in [4.78, 5) is 29.6. The lowest BCUT2D eigenvalue weighted by Gasteiger charge is -2.23. The molecule has 2 aliphatic rings. The molecule has 1 N–H and O–H groups in total. The summed E-state index contributed by atoms with van der Waals surface area (Å²) < 4.78 is 0.798. The SMILES string of the molecule is O=C1C[C@H]2CN(C(=O)c3cncc(Br)c3)C[C@H]2CN1. The Labute approximate surface area is 119 Å². The molecular formula is C13H14BrN3O2. The predicted molar refractivity (Wildman–Crippen MR) is 72.4 cm³/mol. The minimum atomic E-state index is -0.00403. The summed E-state index contributed by atoms with van der Waals surface area (Å²) in [6, 6.07) is 1.78. The highest BCUT2D eigenvalue weighted by Gasteiger charge is 2.39. The lowest BCUT2D eigenvalue weighted by Crippen LogP contribution is -2.40. The molecule has 3 rings (SSSR count). The van der Waals surface area contributed by atoms with Gasteiger partial charge in [-0.25, -0.2) is 0 Å². The zero-order valence-electron chi connectivity index (χ0n) is 10.3. The molecule has 100 valence electrons. The molecule has 0 aromatic carbocycles. The number of nitrogens with one attached hydrogen (secondary N) is 1. The number of carbonyl (C=O) groups is 2. The molecule has 0 radical (unpaired) electrons. The Morgan fingerprint density at radius 2 is 2.16 bits per heavy atom. The third kappa shape index (κ3) is 2.49. The van der Waals surface area contributed by atoms with Crippen molar-refractivity contribution in [3.63, 3.8) is 0 Å². The molecule has 0 unspecified atom stereocenters. The van der Waals surface area contributed by atoms with Crippen LogP contribution in [0.3, 0.4) is 0 Å². The van der Waals surface area contributed by atoms with E-state index in [1.54, 1.807) is 18.5 Å². The van der Waals surface area contributed by atoms with Crippen molar-refractivity contribution < 1.29 is 9.59 Å². The Morgan fingerprint density at radius 1 is 1.37 bits per heavy atom. The second kappa shape index (κ2) is 4.92. The highest BCUT2D eigenvalue weighted by molar-refractivity contribution is 9.10. The molecule has 5 nitrogen and oxygen atoms in total. The van der Waals surface area contributed by atoms with Crippen LogP contribution in [0.4, 0.5) is 0 Å². The van der Waals surface area contributed by atoms with Gasteiger partial charge in [0.25, 0.3) is 5.91 Å². The van der Waals surface area contributed by atoms with E-state index in [0.717, 1.165) is 11.0 Å². The fraction of sp³-hybridized carbons (Fsp3) is 0.462. The van der Waals surface area contributed by atoms with E-state index < -0.39 is 0 Å². The Bertz CT molecular complexity index is 534. The summed E-state index contributed by atoms with van der Waals surface area (Å²) in [7, 11) is 0. The topological polar surface area (TPSA) is 62.3 Å². The van der Waals surface area contributed by atoms with Gasteiger partial charge in [0.2, 0.25) is 5.91 Å². The molecule has 1 aromatic heterocycles. The Morgan fingerprint density at radius 3 is 2.95 bits per heavy atom. The monoisotopic (exact) mass is 323 g/mol. The number of carbonyl (C=O) groups excluding carboxylic acids is 2. The normalized spacial score (nSPS) is 25.9. The summed E-state index contributed by atoms with van der Waals surface area (Å²) in [5, 5.41) is 2.87. The lowest BCUT2D eigenvalue weighted by molar-refractivity contribution is -0.124. The van der Waals surface area contributed by atoms with Crippen LogP contribution >= 0.6 is 15.9 Å². The Balaban J connectivity index is 1.74. The van der Waals surface area contributed by atoms with Crippen LogP contribution < -0.4 is 5.32 Å². The van der Waals surface area contributed by atoms with Crippen LogP contribution in [-0.2, 0) is 4.79 Å². The van der Waals surface area contributed by atoms with Gasteiger partial charge < -0.3 is 10.2 Å². The molecule has 0 spiro atoms. The van der Waals surface area contributed by atoms with Crippen molar-refractivity contribution in [2.75, 3.05) is 19.6 Å². The summed E-state index contributed by atoms with van der Waals surface area (Å²) in [6.07, 6.45) is 3.77. The van der Waals surface area contributed by atoms with Crippen molar-refractivity contribution in [2.45, 2.75) is 6.42 Å². The number of rotatable bonds is 1. The van der Waals surface area contributed by atoms with E-state index in [0.29, 0.717) is 36.9 Å². The van der Waals surface area contributed by atoms with Gasteiger partial charge in [-0.15, -0.1) is 0 Å². The number of nitrogens with zero attached hydrogens (tertiary/aromatic N) is 2. The number of fused-ring (bicyclic) bond motifs is 1. The number of aromatic nitrogens is 1. The molecule has 6 heteroatoms. The predicted octanol–water partition coefficient (Wildman–Crippen LogP) is 1.05. The van der Waals surface area contributed by atoms with E-state index in [9.17, 15) is 9.59 Å². The number of likely N-dealkylation sites (tertiary alicyclic amines) is 1. The summed E-state index contributed by atoms with van der Waals surface area (Å²) >= 11 is 3.32. The largest absolute Gasteiger partial charge is 0.356 e. The molecule has 2 saturated heterocycles. The summed E-state index contributed by atoms with van der Waals surface area (Å²) in [5.41, 5.74) is 0.590. The highest BCUT2D eigenvalue weighted by atomic mass is 79.9. The Kier molecular flexibility index (Phi) is 3.26. The maximum absolute atomic E-state index is 12.4. The van der Waals surface area contributed by atoms with Crippen LogP contribution in [0.2, 0.25) is 0 Å². The van der Waals surface area contributed by atoms with E-state index in [4.69, 9.17) is 0 Å². The fourth-order valence-corrected chi connectivity index (χ4v) is 3.20. The van der Waals surface area contributed by atoms with E-state index in [2.05, 4.69) is 26.2 Å². The van der Waals surface area contributed by atoms with Crippen LogP contribution in [0.5, 0.6) is 0 Å². The van der Waals surface area contributed by atoms with Crippen molar-refractivity contribution >= 4 is 27.7 Å². The first-order valence-corrected chi connectivity index (χ1v) is 7.09. The quantitative estimate of drug-likeness (QED) is 0.840. The smallest absolute Gasteiger partial charge is 0.255 e. The van der Waals surface area contributed by atoms with Gasteiger partial charge in [0.05, 0.1) is 5.56 Å². The van der Waals surface area contributed by atoms with Crippen LogP contribution in [0.15, 0.2) is 22.9 Å². The second-order valence-electron chi connectivity index (χ2n) is 5.13. The van der Waals surface area contributed by atoms with Gasteiger partial charge in [-0.1, -0.05) is 0 Å². The number of piperidine rings is 1. The lowest BCUT2D eigenvalue weighted by atomic mass is 9.89. The van der Waals surface area contributed by atoms with E-state index >= 15 is 0 Å². The number of halogens is 1. The molecule has 3 heterocycles. The number of hydrogen-bond acceptors (Lipinski definition) is 3. The molecule has 2 aliphatic heterocycles. The second-order valence-corrected chi connectivity index (χ2v) is 6.05. The van der Waals surface area contributed by atoms with Crippen LogP contribution in [0.1, 0.15) is 16.8 Å². The minimum absolute atomic E-state index is 0.00403. The molecule has 0 saturated carbocycles. The van der Waals surface area contributed by atoms with Crippen LogP contribution in [-0.4, -0.2) is 41.3 Å². The van der Waals surface area contributed by atoms with E-state index in [1.807, 2.05) is 4.90 Å². The zero-order valence-corrected chi connectivity index (χ0v) is 11.9. The average molecular weight is 324 g/mol. The molecule has 0 aliphatic carbocycles. The molecule has 0 bridgehead atoms. The van der Waals surface area contributed by atoms with Gasteiger partial charge >= 0.3 is 0 Å². The first-order chi connectivity index (χ1) is 9.13. The van der Waals surface area contributed by atoms with Gasteiger partial charge in [0, 0.05) is 42.9 Å². The molecule has 1 aromatic rings. The molecule has 2 amide bonds. The van der Waals surface area contributed by atoms with Crippen molar-refractivity contribution in [1.29, 1.82) is 0 Å². The highest BCUT2D eigenvalue weighted by Crippen LogP contribution is 2.29. The standard InChI is InChI=1S/C13H14BrN3O2/c14-11-1-8(3-15-5-11)13(19)17-6-9-2-12(18)16-4-10(9)7-17/h1,3,5,9-10H,2,4,6-7H2,(H,16,18)/t9-,10+/m0/s1. The maximum Gasteiger partial charge on any atom is 0.255 e. The number of pyridine rings is 1. The van der Waals surface area contributed by atoms with Gasteiger partial charge in [-0.05, 0) is 33.8 Å². The van der Waals surface area contributed by atoms with Crippen molar-refractivity contribution in [3.05, 3.63) is 28.5 Å². The maximum atomic E-state index is 12.4. The van der Waals surface area contributed by atoms with Gasteiger partial charge in [0.15, 0.2) is 0 Å². The average Bonchev–Trinajstić information content (AvgIpc) is 2.80. The van der Waals surface area contributed by atoms with E-state index in [1.165, 1.54) is 0 Å². The third-order valence-corrected chi connectivity index (χ3v) is 4.26. The third-order valence-electron chi connectivity index (χ3n) is 3.82. The van der Waals surface area contributed by atoms with Gasteiger partial charge in [0.1, 0.15) is 0 Å².